The van der Waals surface area contributed by atoms with E-state index in [2.05, 4.69) is 54.4 Å². The van der Waals surface area contributed by atoms with E-state index in [0.717, 1.165) is 63.4 Å². The third-order valence-corrected chi connectivity index (χ3v) is 5.67. The van der Waals surface area contributed by atoms with Gasteiger partial charge in [-0.1, -0.05) is 44.2 Å². The summed E-state index contributed by atoms with van der Waals surface area (Å²) in [5.74, 6) is 0.881. The van der Waals surface area contributed by atoms with Crippen LogP contribution >= 0.6 is 0 Å². The lowest BCUT2D eigenvalue weighted by molar-refractivity contribution is 0.211. The number of benzene rings is 2. The van der Waals surface area contributed by atoms with Gasteiger partial charge in [0.2, 0.25) is 0 Å². The van der Waals surface area contributed by atoms with E-state index in [-0.39, 0.29) is 6.03 Å². The SMILES string of the molecule is CCc1cccc(CC)c1NC(=O)N1CCCN(Cc2ccc(OC)cc2)CC1. The number of hydrogen-bond donors (Lipinski definition) is 1. The molecule has 0 unspecified atom stereocenters. The van der Waals surface area contributed by atoms with Crippen LogP contribution in [0.4, 0.5) is 10.5 Å². The molecule has 1 heterocycles. The molecule has 1 saturated heterocycles. The normalized spacial score (nSPS) is 15.1. The molecule has 3 rings (SSSR count). The topological polar surface area (TPSA) is 44.8 Å². The fourth-order valence-electron chi connectivity index (χ4n) is 3.91. The van der Waals surface area contributed by atoms with Gasteiger partial charge in [-0.05, 0) is 48.1 Å². The molecule has 1 N–H and O–H groups in total. The Morgan fingerprint density at radius 3 is 2.28 bits per heavy atom. The number of aryl methyl sites for hydroxylation is 2. The summed E-state index contributed by atoms with van der Waals surface area (Å²) in [7, 11) is 1.69. The van der Waals surface area contributed by atoms with Crippen LogP contribution in [0.15, 0.2) is 42.5 Å². The Morgan fingerprint density at radius 1 is 0.966 bits per heavy atom. The van der Waals surface area contributed by atoms with Gasteiger partial charge in [-0.3, -0.25) is 4.90 Å². The first-order valence-electron chi connectivity index (χ1n) is 10.7. The van der Waals surface area contributed by atoms with Gasteiger partial charge in [0.15, 0.2) is 0 Å². The third-order valence-electron chi connectivity index (χ3n) is 5.67. The molecule has 0 radical (unpaired) electrons. The van der Waals surface area contributed by atoms with E-state index < -0.39 is 0 Å². The molecule has 0 spiro atoms. The lowest BCUT2D eigenvalue weighted by Crippen LogP contribution is -2.38. The lowest BCUT2D eigenvalue weighted by Gasteiger charge is -2.24. The van der Waals surface area contributed by atoms with Crippen molar-refractivity contribution in [2.45, 2.75) is 39.7 Å². The number of para-hydroxylation sites is 1. The molecule has 1 aliphatic rings. The number of rotatable bonds is 6. The highest BCUT2D eigenvalue weighted by atomic mass is 16.5. The van der Waals surface area contributed by atoms with E-state index in [4.69, 9.17) is 4.74 Å². The summed E-state index contributed by atoms with van der Waals surface area (Å²) >= 11 is 0. The zero-order chi connectivity index (χ0) is 20.6. The van der Waals surface area contributed by atoms with Crippen molar-refractivity contribution in [3.8, 4) is 5.75 Å². The van der Waals surface area contributed by atoms with Crippen LogP contribution < -0.4 is 10.1 Å². The molecule has 1 aliphatic heterocycles. The number of nitrogens with zero attached hydrogens (tertiary/aromatic N) is 2. The van der Waals surface area contributed by atoms with Crippen LogP contribution in [-0.4, -0.2) is 49.1 Å². The molecule has 29 heavy (non-hydrogen) atoms. The molecule has 0 atom stereocenters. The Kier molecular flexibility index (Phi) is 7.53. The van der Waals surface area contributed by atoms with Crippen molar-refractivity contribution in [1.82, 2.24) is 9.80 Å². The highest BCUT2D eigenvalue weighted by molar-refractivity contribution is 5.91. The van der Waals surface area contributed by atoms with Crippen molar-refractivity contribution in [1.29, 1.82) is 0 Å². The number of hydrogen-bond acceptors (Lipinski definition) is 3. The van der Waals surface area contributed by atoms with Crippen molar-refractivity contribution in [2.24, 2.45) is 0 Å². The number of nitrogens with one attached hydrogen (secondary N) is 1. The van der Waals surface area contributed by atoms with E-state index >= 15 is 0 Å². The van der Waals surface area contributed by atoms with E-state index in [1.807, 2.05) is 17.0 Å². The summed E-state index contributed by atoms with van der Waals surface area (Å²) in [6, 6.07) is 14.5. The first kappa shape index (κ1) is 21.2. The van der Waals surface area contributed by atoms with Crippen molar-refractivity contribution in [2.75, 3.05) is 38.6 Å². The fraction of sp³-hybridized carbons (Fsp3) is 0.458. The molecule has 156 valence electrons. The Bertz CT molecular complexity index is 782. The largest absolute Gasteiger partial charge is 0.497 e. The molecule has 2 aromatic carbocycles. The summed E-state index contributed by atoms with van der Waals surface area (Å²) in [6.45, 7) is 8.59. The number of anilines is 1. The second-order valence-electron chi connectivity index (χ2n) is 7.55. The van der Waals surface area contributed by atoms with Gasteiger partial charge in [0, 0.05) is 38.4 Å². The Balaban J connectivity index is 1.59. The summed E-state index contributed by atoms with van der Waals surface area (Å²) in [5.41, 5.74) is 4.68. The molecule has 0 bridgehead atoms. The van der Waals surface area contributed by atoms with Gasteiger partial charge in [-0.15, -0.1) is 0 Å². The van der Waals surface area contributed by atoms with E-state index in [0.29, 0.717) is 0 Å². The van der Waals surface area contributed by atoms with Crippen LogP contribution in [0.2, 0.25) is 0 Å². The minimum Gasteiger partial charge on any atom is -0.497 e. The van der Waals surface area contributed by atoms with Gasteiger partial charge in [0.25, 0.3) is 0 Å². The van der Waals surface area contributed by atoms with Crippen molar-refractivity contribution >= 4 is 11.7 Å². The highest BCUT2D eigenvalue weighted by Gasteiger charge is 2.20. The maximum Gasteiger partial charge on any atom is 0.321 e. The average molecular weight is 396 g/mol. The molecule has 1 fully saturated rings. The number of carbonyl (C=O) groups is 1. The minimum absolute atomic E-state index is 0.0203. The highest BCUT2D eigenvalue weighted by Crippen LogP contribution is 2.23. The van der Waals surface area contributed by atoms with Crippen LogP contribution in [0.5, 0.6) is 5.75 Å². The second-order valence-corrected chi connectivity index (χ2v) is 7.55. The molecular formula is C24H33N3O2. The number of ether oxygens (including phenoxy) is 1. The lowest BCUT2D eigenvalue weighted by atomic mass is 10.0. The van der Waals surface area contributed by atoms with Crippen LogP contribution in [-0.2, 0) is 19.4 Å². The quantitative estimate of drug-likeness (QED) is 0.780. The maximum absolute atomic E-state index is 13.0. The van der Waals surface area contributed by atoms with Gasteiger partial charge >= 0.3 is 6.03 Å². The average Bonchev–Trinajstić information content (AvgIpc) is 3.00. The molecule has 0 saturated carbocycles. The van der Waals surface area contributed by atoms with Gasteiger partial charge in [-0.25, -0.2) is 4.79 Å². The summed E-state index contributed by atoms with van der Waals surface area (Å²) < 4.78 is 5.24. The molecule has 0 aromatic heterocycles. The van der Waals surface area contributed by atoms with Crippen molar-refractivity contribution in [3.05, 3.63) is 59.2 Å². The van der Waals surface area contributed by atoms with E-state index in [9.17, 15) is 4.79 Å². The van der Waals surface area contributed by atoms with Gasteiger partial charge in [-0.2, -0.15) is 0 Å². The molecule has 5 nitrogen and oxygen atoms in total. The summed E-state index contributed by atoms with van der Waals surface area (Å²) in [6.07, 6.45) is 2.82. The first-order valence-corrected chi connectivity index (χ1v) is 10.7. The molecule has 0 aliphatic carbocycles. The molecular weight excluding hydrogens is 362 g/mol. The minimum atomic E-state index is 0.0203. The Hall–Kier alpha value is -2.53. The molecule has 2 aromatic rings. The van der Waals surface area contributed by atoms with Crippen LogP contribution in [0.25, 0.3) is 0 Å². The standard InChI is InChI=1S/C24H33N3O2/c1-4-20-8-6-9-21(5-2)23(20)25-24(28)27-15-7-14-26(16-17-27)18-19-10-12-22(29-3)13-11-19/h6,8-13H,4-5,7,14-18H2,1-3H3,(H,25,28). The molecule has 5 heteroatoms. The van der Waals surface area contributed by atoms with Crippen LogP contribution in [0, 0.1) is 0 Å². The first-order chi connectivity index (χ1) is 14.1. The second kappa shape index (κ2) is 10.3. The zero-order valence-electron chi connectivity index (χ0n) is 17.9. The predicted octanol–water partition coefficient (Wildman–Crippen LogP) is 4.56. The number of carbonyl (C=O) groups excluding carboxylic acids is 1. The van der Waals surface area contributed by atoms with E-state index in [1.165, 1.54) is 16.7 Å². The smallest absolute Gasteiger partial charge is 0.321 e. The third kappa shape index (κ3) is 5.51. The van der Waals surface area contributed by atoms with Gasteiger partial charge in [0.05, 0.1) is 7.11 Å². The van der Waals surface area contributed by atoms with Crippen LogP contribution in [0.1, 0.15) is 37.0 Å². The van der Waals surface area contributed by atoms with Crippen molar-refractivity contribution < 1.29 is 9.53 Å². The van der Waals surface area contributed by atoms with Crippen LogP contribution in [0.3, 0.4) is 0 Å². The zero-order valence-corrected chi connectivity index (χ0v) is 17.9. The Labute approximate surface area is 174 Å². The Morgan fingerprint density at radius 2 is 1.66 bits per heavy atom. The monoisotopic (exact) mass is 395 g/mol. The fourth-order valence-corrected chi connectivity index (χ4v) is 3.91. The summed E-state index contributed by atoms with van der Waals surface area (Å²) in [5, 5.41) is 3.21. The summed E-state index contributed by atoms with van der Waals surface area (Å²) in [4.78, 5) is 17.4. The number of methoxy groups -OCH3 is 1. The predicted molar refractivity (Wildman–Crippen MR) is 119 cm³/mol. The molecule has 2 amide bonds. The maximum atomic E-state index is 13.0. The van der Waals surface area contributed by atoms with Gasteiger partial charge < -0.3 is 15.0 Å². The van der Waals surface area contributed by atoms with Gasteiger partial charge in [0.1, 0.15) is 5.75 Å². The van der Waals surface area contributed by atoms with E-state index in [1.54, 1.807) is 7.11 Å². The van der Waals surface area contributed by atoms with Crippen molar-refractivity contribution in [3.63, 3.8) is 0 Å². The number of amides is 2. The number of urea groups is 1.